The third-order valence-corrected chi connectivity index (χ3v) is 4.17. The van der Waals surface area contributed by atoms with E-state index in [4.69, 9.17) is 4.74 Å². The van der Waals surface area contributed by atoms with Crippen molar-refractivity contribution in [1.82, 2.24) is 5.32 Å². The molecule has 2 saturated heterocycles. The van der Waals surface area contributed by atoms with Gasteiger partial charge in [0.1, 0.15) is 0 Å². The zero-order valence-corrected chi connectivity index (χ0v) is 11.2. The van der Waals surface area contributed by atoms with Gasteiger partial charge in [0.25, 0.3) is 5.91 Å². The second kappa shape index (κ2) is 4.59. The summed E-state index contributed by atoms with van der Waals surface area (Å²) in [6.45, 7) is 1.94. The Hall–Kier alpha value is -1.00. The van der Waals surface area contributed by atoms with Crippen LogP contribution in [0.4, 0.5) is 0 Å². The van der Waals surface area contributed by atoms with Crippen LogP contribution in [0.3, 0.4) is 0 Å². The van der Waals surface area contributed by atoms with Gasteiger partial charge in [-0.05, 0) is 43.9 Å². The molecule has 4 heteroatoms. The molecule has 3 unspecified atom stereocenters. The number of thiol groups is 1. The normalized spacial score (nSPS) is 29.6. The summed E-state index contributed by atoms with van der Waals surface area (Å²) < 4.78 is 5.75. The van der Waals surface area contributed by atoms with Crippen molar-refractivity contribution in [3.8, 4) is 0 Å². The summed E-state index contributed by atoms with van der Waals surface area (Å²) in [7, 11) is 0. The summed E-state index contributed by atoms with van der Waals surface area (Å²) in [6.07, 6.45) is 3.75. The van der Waals surface area contributed by atoms with E-state index in [2.05, 4.69) is 17.9 Å². The lowest BCUT2D eigenvalue weighted by Gasteiger charge is -2.20. The van der Waals surface area contributed by atoms with Crippen LogP contribution in [0.15, 0.2) is 23.1 Å². The Morgan fingerprint density at radius 2 is 2.28 bits per heavy atom. The van der Waals surface area contributed by atoms with Crippen LogP contribution in [0.1, 0.15) is 35.2 Å². The second-order valence-electron chi connectivity index (χ2n) is 5.19. The summed E-state index contributed by atoms with van der Waals surface area (Å²) in [5.74, 6) is -0.00968. The second-order valence-corrected chi connectivity index (χ2v) is 5.71. The van der Waals surface area contributed by atoms with Crippen molar-refractivity contribution < 1.29 is 9.53 Å². The molecule has 0 spiro atoms. The maximum atomic E-state index is 12.2. The Labute approximate surface area is 112 Å². The zero-order chi connectivity index (χ0) is 12.7. The highest BCUT2D eigenvalue weighted by atomic mass is 32.1. The van der Waals surface area contributed by atoms with E-state index < -0.39 is 0 Å². The zero-order valence-electron chi connectivity index (χ0n) is 10.3. The van der Waals surface area contributed by atoms with Crippen LogP contribution in [-0.4, -0.2) is 24.2 Å². The molecule has 96 valence electrons. The van der Waals surface area contributed by atoms with Crippen LogP contribution in [-0.2, 0) is 4.74 Å². The smallest absolute Gasteiger partial charge is 0.251 e. The van der Waals surface area contributed by atoms with Gasteiger partial charge in [0.2, 0.25) is 0 Å². The molecule has 3 atom stereocenters. The molecule has 0 saturated carbocycles. The molecule has 2 bridgehead atoms. The largest absolute Gasteiger partial charge is 0.373 e. The van der Waals surface area contributed by atoms with E-state index in [-0.39, 0.29) is 18.1 Å². The summed E-state index contributed by atoms with van der Waals surface area (Å²) >= 11 is 4.28. The first-order chi connectivity index (χ1) is 8.63. The molecule has 0 aliphatic carbocycles. The van der Waals surface area contributed by atoms with Crippen LogP contribution in [0, 0.1) is 6.92 Å². The van der Waals surface area contributed by atoms with Gasteiger partial charge in [-0.15, -0.1) is 12.6 Å². The molecule has 2 aliphatic rings. The first-order valence-electron chi connectivity index (χ1n) is 6.39. The summed E-state index contributed by atoms with van der Waals surface area (Å²) in [4.78, 5) is 13.1. The number of aryl methyl sites for hydroxylation is 1. The predicted molar refractivity (Wildman–Crippen MR) is 72.2 cm³/mol. The lowest BCUT2D eigenvalue weighted by molar-refractivity contribution is 0.0840. The fourth-order valence-corrected chi connectivity index (χ4v) is 3.09. The van der Waals surface area contributed by atoms with Crippen molar-refractivity contribution in [1.29, 1.82) is 0 Å². The monoisotopic (exact) mass is 263 g/mol. The Balaban J connectivity index is 1.73. The molecule has 1 aromatic carbocycles. The van der Waals surface area contributed by atoms with Crippen molar-refractivity contribution in [2.24, 2.45) is 0 Å². The quantitative estimate of drug-likeness (QED) is 0.804. The molecule has 1 aromatic rings. The van der Waals surface area contributed by atoms with Gasteiger partial charge in [-0.1, -0.05) is 6.07 Å². The van der Waals surface area contributed by atoms with Crippen LogP contribution >= 0.6 is 12.6 Å². The summed E-state index contributed by atoms with van der Waals surface area (Å²) in [5.41, 5.74) is 1.69. The third kappa shape index (κ3) is 2.15. The van der Waals surface area contributed by atoms with E-state index in [9.17, 15) is 4.79 Å². The van der Waals surface area contributed by atoms with E-state index in [0.29, 0.717) is 11.7 Å². The highest BCUT2D eigenvalue weighted by Crippen LogP contribution is 2.34. The molecule has 2 aliphatic heterocycles. The molecule has 1 amide bonds. The summed E-state index contributed by atoms with van der Waals surface area (Å²) in [5, 5.41) is 3.10. The number of fused-ring (bicyclic) bond motifs is 2. The average molecular weight is 263 g/mol. The molecule has 0 radical (unpaired) electrons. The number of carbonyl (C=O) groups is 1. The van der Waals surface area contributed by atoms with E-state index in [0.717, 1.165) is 29.7 Å². The highest BCUT2D eigenvalue weighted by Gasteiger charge is 2.41. The van der Waals surface area contributed by atoms with Crippen LogP contribution in [0.5, 0.6) is 0 Å². The fraction of sp³-hybridized carbons (Fsp3) is 0.500. The van der Waals surface area contributed by atoms with E-state index in [1.165, 1.54) is 0 Å². The van der Waals surface area contributed by atoms with Gasteiger partial charge < -0.3 is 10.1 Å². The highest BCUT2D eigenvalue weighted by molar-refractivity contribution is 7.80. The molecule has 2 heterocycles. The number of benzene rings is 1. The van der Waals surface area contributed by atoms with Gasteiger partial charge in [0.15, 0.2) is 0 Å². The summed E-state index contributed by atoms with van der Waals surface area (Å²) in [6, 6.07) is 5.82. The molecular weight excluding hydrogens is 246 g/mol. The molecule has 2 fully saturated rings. The van der Waals surface area contributed by atoms with Gasteiger partial charge in [0, 0.05) is 10.5 Å². The van der Waals surface area contributed by atoms with E-state index in [1.807, 2.05) is 25.1 Å². The van der Waals surface area contributed by atoms with Gasteiger partial charge in [-0.2, -0.15) is 0 Å². The number of carbonyl (C=O) groups excluding carboxylic acids is 1. The Kier molecular flexibility index (Phi) is 3.08. The standard InChI is InChI=1S/C14H17NO2S/c1-8-2-4-10(18)7-11(8)14(16)15-12-6-9-3-5-13(12)17-9/h2,4,7,9,12-13,18H,3,5-6H2,1H3,(H,15,16). The average Bonchev–Trinajstić information content (AvgIpc) is 2.94. The first kappa shape index (κ1) is 12.1. The van der Waals surface area contributed by atoms with Gasteiger partial charge >= 0.3 is 0 Å². The number of hydrogen-bond acceptors (Lipinski definition) is 3. The topological polar surface area (TPSA) is 38.3 Å². The van der Waals surface area contributed by atoms with Crippen molar-refractivity contribution in [3.05, 3.63) is 29.3 Å². The molecule has 1 N–H and O–H groups in total. The maximum Gasteiger partial charge on any atom is 0.251 e. The SMILES string of the molecule is Cc1ccc(S)cc1C(=O)NC1CC2CCC1O2. The molecule has 3 nitrogen and oxygen atoms in total. The number of rotatable bonds is 2. The molecule has 0 aromatic heterocycles. The van der Waals surface area contributed by atoms with Crippen LogP contribution in [0.2, 0.25) is 0 Å². The number of ether oxygens (including phenoxy) is 1. The number of hydrogen-bond donors (Lipinski definition) is 2. The van der Waals surface area contributed by atoms with Crippen molar-refractivity contribution in [3.63, 3.8) is 0 Å². The lowest BCUT2D eigenvalue weighted by atomic mass is 9.95. The Morgan fingerprint density at radius 1 is 1.44 bits per heavy atom. The number of amides is 1. The predicted octanol–water partition coefficient (Wildman–Crippen LogP) is 2.33. The van der Waals surface area contributed by atoms with Crippen molar-refractivity contribution in [2.75, 3.05) is 0 Å². The maximum absolute atomic E-state index is 12.2. The Bertz CT molecular complexity index is 489. The van der Waals surface area contributed by atoms with Crippen LogP contribution < -0.4 is 5.32 Å². The van der Waals surface area contributed by atoms with Gasteiger partial charge in [-0.25, -0.2) is 0 Å². The third-order valence-electron chi connectivity index (χ3n) is 3.89. The van der Waals surface area contributed by atoms with E-state index in [1.54, 1.807) is 0 Å². The first-order valence-corrected chi connectivity index (χ1v) is 6.84. The minimum Gasteiger partial charge on any atom is -0.373 e. The minimum atomic E-state index is -0.00968. The van der Waals surface area contributed by atoms with Gasteiger partial charge in [0.05, 0.1) is 18.2 Å². The van der Waals surface area contributed by atoms with Crippen LogP contribution in [0.25, 0.3) is 0 Å². The van der Waals surface area contributed by atoms with E-state index >= 15 is 0 Å². The Morgan fingerprint density at radius 3 is 2.94 bits per heavy atom. The molecule has 3 rings (SSSR count). The van der Waals surface area contributed by atoms with Crippen molar-refractivity contribution in [2.45, 2.75) is 49.3 Å². The van der Waals surface area contributed by atoms with Gasteiger partial charge in [-0.3, -0.25) is 4.79 Å². The van der Waals surface area contributed by atoms with Crippen molar-refractivity contribution >= 4 is 18.5 Å². The molecular formula is C14H17NO2S. The fourth-order valence-electron chi connectivity index (χ4n) is 2.89. The molecule has 18 heavy (non-hydrogen) atoms. The number of nitrogens with one attached hydrogen (secondary N) is 1. The lowest BCUT2D eigenvalue weighted by Crippen LogP contribution is -2.41. The minimum absolute atomic E-state index is 0.00968.